The van der Waals surface area contributed by atoms with Crippen molar-refractivity contribution in [2.45, 2.75) is 33.6 Å². The van der Waals surface area contributed by atoms with Crippen LogP contribution in [0, 0.1) is 5.41 Å². The molecule has 5 heteroatoms. The minimum atomic E-state index is -0.502. The first-order valence-corrected chi connectivity index (χ1v) is 13.9. The largest absolute Gasteiger partial charge is 0.497 e. The molecule has 206 valence electrons. The van der Waals surface area contributed by atoms with Crippen molar-refractivity contribution >= 4 is 22.8 Å². The lowest BCUT2D eigenvalue weighted by Crippen LogP contribution is -2.44. The number of anilines is 1. The van der Waals surface area contributed by atoms with E-state index in [2.05, 4.69) is 77.5 Å². The number of allylic oxidation sites excluding steroid dienone is 1. The predicted octanol–water partition coefficient (Wildman–Crippen LogP) is 6.78. The van der Waals surface area contributed by atoms with Gasteiger partial charge in [-0.25, -0.2) is 0 Å². The normalized spacial score (nSPS) is 15.1. The van der Waals surface area contributed by atoms with Crippen LogP contribution in [0.15, 0.2) is 78.9 Å². The van der Waals surface area contributed by atoms with Crippen molar-refractivity contribution in [3.63, 3.8) is 0 Å². The maximum atomic E-state index is 12.3. The third kappa shape index (κ3) is 7.51. The van der Waals surface area contributed by atoms with Gasteiger partial charge in [0.15, 0.2) is 0 Å². The lowest BCUT2D eigenvalue weighted by molar-refractivity contribution is -0.152. The average molecular weight is 527 g/mol. The molecule has 1 saturated heterocycles. The summed E-state index contributed by atoms with van der Waals surface area (Å²) < 4.78 is 11.1. The second-order valence-corrected chi connectivity index (χ2v) is 11.3. The Balaban J connectivity index is 1.71. The van der Waals surface area contributed by atoms with Gasteiger partial charge >= 0.3 is 5.97 Å². The zero-order valence-electron chi connectivity index (χ0n) is 24.1. The highest BCUT2D eigenvalue weighted by molar-refractivity contribution is 5.98. The Hall–Kier alpha value is -3.57. The number of likely N-dealkylation sites (N-methyl/N-ethyl adjacent to an activating group) is 1. The van der Waals surface area contributed by atoms with Crippen LogP contribution < -0.4 is 9.64 Å². The Morgan fingerprint density at radius 2 is 1.38 bits per heavy atom. The van der Waals surface area contributed by atoms with Gasteiger partial charge in [-0.3, -0.25) is 4.79 Å². The van der Waals surface area contributed by atoms with Gasteiger partial charge in [0, 0.05) is 31.9 Å². The van der Waals surface area contributed by atoms with E-state index in [1.807, 2.05) is 39.0 Å². The lowest BCUT2D eigenvalue weighted by atomic mass is 9.87. The summed E-state index contributed by atoms with van der Waals surface area (Å²) in [4.78, 5) is 17.2. The lowest BCUT2D eigenvalue weighted by Gasteiger charge is -2.34. The standard InChI is InChI=1S/C34H42N2O3/c1-34(2,3)33(37)39-25-9-12-31(26-10-7-6-8-11-26)32(28-15-19-30(38-5)20-16-28)27-13-17-29(18-14-27)36-23-21-35(4)22-24-36/h6-8,10-11,13-20H,9,12,21-25H2,1-5H3/b32-31+. The molecule has 0 radical (unpaired) electrons. The Kier molecular flexibility index (Phi) is 9.47. The van der Waals surface area contributed by atoms with Crippen LogP contribution in [0.5, 0.6) is 5.75 Å². The SMILES string of the molecule is COc1ccc(/C(=C(\CCCOC(=O)C(C)(C)C)c2ccccc2)c2ccc(N3CCN(C)CC3)cc2)cc1. The van der Waals surface area contributed by atoms with E-state index < -0.39 is 5.41 Å². The Bertz CT molecular complexity index is 1230. The first kappa shape index (κ1) is 28.4. The van der Waals surface area contributed by atoms with Crippen LogP contribution in [0.25, 0.3) is 11.1 Å². The third-order valence-corrected chi connectivity index (χ3v) is 7.24. The topological polar surface area (TPSA) is 42.0 Å². The van der Waals surface area contributed by atoms with Crippen molar-refractivity contribution < 1.29 is 14.3 Å². The number of carbonyl (C=O) groups excluding carboxylic acids is 1. The van der Waals surface area contributed by atoms with E-state index in [9.17, 15) is 4.79 Å². The molecular formula is C34H42N2O3. The molecule has 0 saturated carbocycles. The monoisotopic (exact) mass is 526 g/mol. The van der Waals surface area contributed by atoms with E-state index in [1.54, 1.807) is 7.11 Å². The number of rotatable bonds is 9. The molecule has 1 fully saturated rings. The van der Waals surface area contributed by atoms with Gasteiger partial charge < -0.3 is 19.3 Å². The average Bonchev–Trinajstić information content (AvgIpc) is 2.95. The zero-order chi connectivity index (χ0) is 27.8. The molecule has 39 heavy (non-hydrogen) atoms. The molecule has 0 spiro atoms. The first-order chi connectivity index (χ1) is 18.8. The van der Waals surface area contributed by atoms with Crippen LogP contribution in [0.1, 0.15) is 50.3 Å². The smallest absolute Gasteiger partial charge is 0.311 e. The molecule has 1 aliphatic heterocycles. The molecule has 3 aromatic carbocycles. The summed E-state index contributed by atoms with van der Waals surface area (Å²) in [6.07, 6.45) is 1.52. The molecule has 0 N–H and O–H groups in total. The van der Waals surface area contributed by atoms with E-state index in [0.717, 1.165) is 50.3 Å². The fourth-order valence-corrected chi connectivity index (χ4v) is 4.86. The van der Waals surface area contributed by atoms with Crippen molar-refractivity contribution in [2.24, 2.45) is 5.41 Å². The van der Waals surface area contributed by atoms with Gasteiger partial charge in [-0.2, -0.15) is 0 Å². The summed E-state index contributed by atoms with van der Waals surface area (Å²) in [6, 6.07) is 27.8. The van der Waals surface area contributed by atoms with Gasteiger partial charge in [-0.05, 0) is 92.8 Å². The fourth-order valence-electron chi connectivity index (χ4n) is 4.86. The maximum Gasteiger partial charge on any atom is 0.311 e. The van der Waals surface area contributed by atoms with Gasteiger partial charge in [0.05, 0.1) is 19.1 Å². The minimum Gasteiger partial charge on any atom is -0.497 e. The predicted molar refractivity (Wildman–Crippen MR) is 161 cm³/mol. The molecule has 1 aliphatic rings. The molecule has 0 aliphatic carbocycles. The quantitative estimate of drug-likeness (QED) is 0.175. The summed E-state index contributed by atoms with van der Waals surface area (Å²) >= 11 is 0. The summed E-state index contributed by atoms with van der Waals surface area (Å²) in [7, 11) is 3.87. The van der Waals surface area contributed by atoms with E-state index in [1.165, 1.54) is 28.0 Å². The summed E-state index contributed by atoms with van der Waals surface area (Å²) in [5, 5.41) is 0. The van der Waals surface area contributed by atoms with Crippen LogP contribution in [-0.2, 0) is 9.53 Å². The van der Waals surface area contributed by atoms with Crippen molar-refractivity contribution in [3.8, 4) is 5.75 Å². The van der Waals surface area contributed by atoms with E-state index in [-0.39, 0.29) is 5.97 Å². The molecule has 4 rings (SSSR count). The first-order valence-electron chi connectivity index (χ1n) is 13.9. The van der Waals surface area contributed by atoms with Gasteiger partial charge in [-0.1, -0.05) is 54.6 Å². The number of esters is 1. The van der Waals surface area contributed by atoms with Gasteiger partial charge in [0.1, 0.15) is 5.75 Å². The van der Waals surface area contributed by atoms with Gasteiger partial charge in [0.25, 0.3) is 0 Å². The van der Waals surface area contributed by atoms with Crippen LogP contribution in [-0.4, -0.2) is 57.8 Å². The number of hydrogen-bond donors (Lipinski definition) is 0. The van der Waals surface area contributed by atoms with Crippen LogP contribution in [0.4, 0.5) is 5.69 Å². The van der Waals surface area contributed by atoms with Gasteiger partial charge in [0.2, 0.25) is 0 Å². The maximum absolute atomic E-state index is 12.3. The van der Waals surface area contributed by atoms with E-state index >= 15 is 0 Å². The van der Waals surface area contributed by atoms with E-state index in [4.69, 9.17) is 9.47 Å². The highest BCUT2D eigenvalue weighted by Crippen LogP contribution is 2.36. The summed E-state index contributed by atoms with van der Waals surface area (Å²) in [6.45, 7) is 10.3. The number of carbonyl (C=O) groups is 1. The van der Waals surface area contributed by atoms with Crippen molar-refractivity contribution in [1.82, 2.24) is 4.90 Å². The minimum absolute atomic E-state index is 0.164. The number of benzene rings is 3. The molecular weight excluding hydrogens is 484 g/mol. The van der Waals surface area contributed by atoms with Crippen molar-refractivity contribution in [1.29, 1.82) is 0 Å². The third-order valence-electron chi connectivity index (χ3n) is 7.24. The van der Waals surface area contributed by atoms with Gasteiger partial charge in [-0.15, -0.1) is 0 Å². The Labute approximate surface area is 234 Å². The van der Waals surface area contributed by atoms with Crippen LogP contribution in [0.3, 0.4) is 0 Å². The molecule has 0 aromatic heterocycles. The van der Waals surface area contributed by atoms with Crippen molar-refractivity contribution in [2.75, 3.05) is 51.8 Å². The van der Waals surface area contributed by atoms with E-state index in [0.29, 0.717) is 6.61 Å². The number of methoxy groups -OCH3 is 1. The summed E-state index contributed by atoms with van der Waals surface area (Å²) in [5.41, 5.74) is 6.66. The Morgan fingerprint density at radius 3 is 1.95 bits per heavy atom. The molecule has 0 atom stereocenters. The second-order valence-electron chi connectivity index (χ2n) is 11.3. The molecule has 5 nitrogen and oxygen atoms in total. The number of nitrogens with zero attached hydrogens (tertiary/aromatic N) is 2. The number of ether oxygens (including phenoxy) is 2. The van der Waals surface area contributed by atoms with Crippen LogP contribution in [0.2, 0.25) is 0 Å². The van der Waals surface area contributed by atoms with Crippen molar-refractivity contribution in [3.05, 3.63) is 95.6 Å². The molecule has 1 heterocycles. The van der Waals surface area contributed by atoms with Crippen LogP contribution >= 0.6 is 0 Å². The molecule has 0 bridgehead atoms. The Morgan fingerprint density at radius 1 is 0.795 bits per heavy atom. The molecule has 3 aromatic rings. The molecule has 0 amide bonds. The second kappa shape index (κ2) is 13.0. The number of piperazine rings is 1. The summed E-state index contributed by atoms with van der Waals surface area (Å²) in [5.74, 6) is 0.668. The zero-order valence-corrected chi connectivity index (χ0v) is 24.1. The number of hydrogen-bond acceptors (Lipinski definition) is 5. The fraction of sp³-hybridized carbons (Fsp3) is 0.382. The highest BCUT2D eigenvalue weighted by atomic mass is 16.5. The molecule has 0 unspecified atom stereocenters. The highest BCUT2D eigenvalue weighted by Gasteiger charge is 2.23.